The first-order valence-corrected chi connectivity index (χ1v) is 12.0. The quantitative estimate of drug-likeness (QED) is 0.258. The fourth-order valence-corrected chi connectivity index (χ4v) is 4.45. The summed E-state index contributed by atoms with van der Waals surface area (Å²) in [5.41, 5.74) is 3.59. The molecular formula is C26H27BrClNO5. The Morgan fingerprint density at radius 3 is 2.38 bits per heavy atom. The molecule has 0 atom stereocenters. The monoisotopic (exact) mass is 547 g/mol. The fraction of sp³-hybridized carbons (Fsp3) is 0.269. The standard InChI is InChI=1S/C26H27BrClNO5/c1-15(2)19-9-17(4-5-23(19)30)10-20-21(27)12-18(13-22(20)28)34-14-26(33)29-8-7-16-3-6-24(31)25(32)11-16/h3-6,9,11-13,15,30-32H,7-8,10,14H2,1-2H3,(H,29,33). The summed E-state index contributed by atoms with van der Waals surface area (Å²) in [6.07, 6.45) is 1.08. The normalized spacial score (nSPS) is 11.0. The molecule has 0 bridgehead atoms. The van der Waals surface area contributed by atoms with E-state index in [0.717, 1.165) is 26.7 Å². The second-order valence-corrected chi connectivity index (χ2v) is 9.56. The first-order chi connectivity index (χ1) is 16.1. The van der Waals surface area contributed by atoms with Crippen LogP contribution in [0.25, 0.3) is 0 Å². The molecule has 0 spiro atoms. The maximum atomic E-state index is 12.1. The molecule has 4 N–H and O–H groups in total. The highest BCUT2D eigenvalue weighted by Gasteiger charge is 2.13. The Morgan fingerprint density at radius 2 is 1.71 bits per heavy atom. The van der Waals surface area contributed by atoms with Gasteiger partial charge in [-0.3, -0.25) is 4.79 Å². The number of phenolic OH excluding ortho intramolecular Hbond substituents is 3. The van der Waals surface area contributed by atoms with E-state index in [2.05, 4.69) is 21.2 Å². The Kier molecular flexibility index (Phi) is 8.69. The average Bonchev–Trinajstić information content (AvgIpc) is 2.78. The number of carbonyl (C=O) groups excluding carboxylic acids is 1. The van der Waals surface area contributed by atoms with E-state index in [-0.39, 0.29) is 35.7 Å². The molecule has 3 aromatic rings. The smallest absolute Gasteiger partial charge is 0.257 e. The minimum absolute atomic E-state index is 0.168. The summed E-state index contributed by atoms with van der Waals surface area (Å²) in [4.78, 5) is 12.1. The Balaban J connectivity index is 1.55. The van der Waals surface area contributed by atoms with E-state index >= 15 is 0 Å². The van der Waals surface area contributed by atoms with Gasteiger partial charge in [0.15, 0.2) is 18.1 Å². The van der Waals surface area contributed by atoms with Crippen LogP contribution in [0, 0.1) is 0 Å². The molecule has 0 aliphatic carbocycles. The molecule has 0 radical (unpaired) electrons. The first-order valence-electron chi connectivity index (χ1n) is 10.8. The molecular weight excluding hydrogens is 522 g/mol. The second-order valence-electron chi connectivity index (χ2n) is 8.30. The van der Waals surface area contributed by atoms with Gasteiger partial charge in [0.25, 0.3) is 5.91 Å². The molecule has 1 amide bonds. The molecule has 0 heterocycles. The molecule has 0 fully saturated rings. The van der Waals surface area contributed by atoms with Gasteiger partial charge in [-0.05, 0) is 64.9 Å². The number of aromatic hydroxyl groups is 3. The van der Waals surface area contributed by atoms with Crippen molar-refractivity contribution in [3.63, 3.8) is 0 Å². The Labute approximate surface area is 212 Å². The van der Waals surface area contributed by atoms with Crippen molar-refractivity contribution in [1.82, 2.24) is 5.32 Å². The van der Waals surface area contributed by atoms with Crippen LogP contribution in [0.4, 0.5) is 0 Å². The molecule has 0 aliphatic heterocycles. The summed E-state index contributed by atoms with van der Waals surface area (Å²) in [7, 11) is 0. The third-order valence-corrected chi connectivity index (χ3v) is 6.40. The van der Waals surface area contributed by atoms with Crippen LogP contribution in [-0.4, -0.2) is 34.4 Å². The van der Waals surface area contributed by atoms with Gasteiger partial charge < -0.3 is 25.4 Å². The molecule has 0 unspecified atom stereocenters. The van der Waals surface area contributed by atoms with Gasteiger partial charge >= 0.3 is 0 Å². The fourth-order valence-electron chi connectivity index (χ4n) is 3.48. The van der Waals surface area contributed by atoms with E-state index in [1.54, 1.807) is 24.3 Å². The third kappa shape index (κ3) is 6.81. The van der Waals surface area contributed by atoms with E-state index in [0.29, 0.717) is 30.2 Å². The highest BCUT2D eigenvalue weighted by atomic mass is 79.9. The van der Waals surface area contributed by atoms with Crippen LogP contribution in [-0.2, 0) is 17.6 Å². The Hall–Kier alpha value is -2.90. The van der Waals surface area contributed by atoms with Crippen molar-refractivity contribution in [3.8, 4) is 23.0 Å². The number of hydrogen-bond donors (Lipinski definition) is 4. The van der Waals surface area contributed by atoms with Gasteiger partial charge in [0.1, 0.15) is 11.5 Å². The van der Waals surface area contributed by atoms with Gasteiger partial charge in [0.2, 0.25) is 0 Å². The van der Waals surface area contributed by atoms with E-state index in [4.69, 9.17) is 16.3 Å². The zero-order chi connectivity index (χ0) is 24.8. The van der Waals surface area contributed by atoms with Crippen LogP contribution in [0.2, 0.25) is 5.02 Å². The molecule has 6 nitrogen and oxygen atoms in total. The lowest BCUT2D eigenvalue weighted by Gasteiger charge is -2.14. The van der Waals surface area contributed by atoms with Gasteiger partial charge in [-0.2, -0.15) is 0 Å². The summed E-state index contributed by atoms with van der Waals surface area (Å²) in [5, 5.41) is 32.2. The minimum Gasteiger partial charge on any atom is -0.508 e. The molecule has 0 saturated carbocycles. The maximum Gasteiger partial charge on any atom is 0.257 e. The van der Waals surface area contributed by atoms with Crippen LogP contribution in [0.15, 0.2) is 53.0 Å². The van der Waals surface area contributed by atoms with Gasteiger partial charge in [0, 0.05) is 22.5 Å². The van der Waals surface area contributed by atoms with Crippen molar-refractivity contribution in [3.05, 3.63) is 80.3 Å². The Bertz CT molecular complexity index is 1160. The summed E-state index contributed by atoms with van der Waals surface area (Å²) >= 11 is 10.1. The van der Waals surface area contributed by atoms with Gasteiger partial charge in [-0.15, -0.1) is 0 Å². The van der Waals surface area contributed by atoms with Crippen molar-refractivity contribution in [1.29, 1.82) is 0 Å². The zero-order valence-corrected chi connectivity index (χ0v) is 21.3. The minimum atomic E-state index is -0.287. The lowest BCUT2D eigenvalue weighted by atomic mass is 9.96. The lowest BCUT2D eigenvalue weighted by molar-refractivity contribution is -0.123. The van der Waals surface area contributed by atoms with E-state index in [1.165, 1.54) is 12.1 Å². The van der Waals surface area contributed by atoms with E-state index < -0.39 is 0 Å². The summed E-state index contributed by atoms with van der Waals surface area (Å²) in [5.74, 6) is 0.294. The predicted octanol–water partition coefficient (Wildman–Crippen LogP) is 5.67. The topological polar surface area (TPSA) is 99.0 Å². The molecule has 3 rings (SSSR count). The molecule has 3 aromatic carbocycles. The van der Waals surface area contributed by atoms with Crippen LogP contribution in [0.5, 0.6) is 23.0 Å². The molecule has 0 aromatic heterocycles. The van der Waals surface area contributed by atoms with Crippen molar-refractivity contribution in [2.24, 2.45) is 0 Å². The zero-order valence-electron chi connectivity index (χ0n) is 18.9. The third-order valence-electron chi connectivity index (χ3n) is 5.35. The highest BCUT2D eigenvalue weighted by Crippen LogP contribution is 2.34. The number of hydrogen-bond acceptors (Lipinski definition) is 5. The van der Waals surface area contributed by atoms with E-state index in [9.17, 15) is 20.1 Å². The van der Waals surface area contributed by atoms with Crippen molar-refractivity contribution >= 4 is 33.4 Å². The van der Waals surface area contributed by atoms with Crippen LogP contribution in [0.3, 0.4) is 0 Å². The van der Waals surface area contributed by atoms with Crippen molar-refractivity contribution < 1.29 is 24.9 Å². The maximum absolute atomic E-state index is 12.1. The second kappa shape index (κ2) is 11.5. The number of nitrogens with one attached hydrogen (secondary N) is 1. The number of rotatable bonds is 9. The van der Waals surface area contributed by atoms with Gasteiger partial charge in [-0.25, -0.2) is 0 Å². The molecule has 34 heavy (non-hydrogen) atoms. The molecule has 180 valence electrons. The SMILES string of the molecule is CC(C)c1cc(Cc2c(Cl)cc(OCC(=O)NCCc3ccc(O)c(O)c3)cc2Br)ccc1O. The van der Waals surface area contributed by atoms with Gasteiger partial charge in [-0.1, -0.05) is 59.6 Å². The first kappa shape index (κ1) is 25.7. The molecule has 8 heteroatoms. The molecule has 0 saturated heterocycles. The lowest BCUT2D eigenvalue weighted by Crippen LogP contribution is -2.30. The average molecular weight is 549 g/mol. The van der Waals surface area contributed by atoms with Gasteiger partial charge in [0.05, 0.1) is 0 Å². The number of phenols is 3. The summed E-state index contributed by atoms with van der Waals surface area (Å²) < 4.78 is 6.37. The number of benzene rings is 3. The predicted molar refractivity (Wildman–Crippen MR) is 136 cm³/mol. The van der Waals surface area contributed by atoms with Crippen molar-refractivity contribution in [2.75, 3.05) is 13.2 Å². The van der Waals surface area contributed by atoms with Crippen LogP contribution >= 0.6 is 27.5 Å². The summed E-state index contributed by atoms with van der Waals surface area (Å²) in [6.45, 7) is 4.25. The largest absolute Gasteiger partial charge is 0.508 e. The van der Waals surface area contributed by atoms with E-state index in [1.807, 2.05) is 26.0 Å². The highest BCUT2D eigenvalue weighted by molar-refractivity contribution is 9.10. The number of carbonyl (C=O) groups is 1. The van der Waals surface area contributed by atoms with Crippen molar-refractivity contribution in [2.45, 2.75) is 32.6 Å². The van der Waals surface area contributed by atoms with Crippen LogP contribution < -0.4 is 10.1 Å². The number of ether oxygens (including phenoxy) is 1. The number of halogens is 2. The van der Waals surface area contributed by atoms with Crippen LogP contribution in [0.1, 0.15) is 42.0 Å². The number of amides is 1. The Morgan fingerprint density at radius 1 is 1.00 bits per heavy atom. The molecule has 0 aliphatic rings. The summed E-state index contributed by atoms with van der Waals surface area (Å²) in [6, 6.07) is 13.6.